The Kier molecular flexibility index (Phi) is 5.65. The quantitative estimate of drug-likeness (QED) is 0.580. The number of thioether (sulfide) groups is 1. The number of carbonyl (C=O) groups is 3. The summed E-state index contributed by atoms with van der Waals surface area (Å²) in [6.45, 7) is 1.93. The molecule has 6 nitrogen and oxygen atoms in total. The van der Waals surface area contributed by atoms with Gasteiger partial charge in [0, 0.05) is 6.20 Å². The molecule has 0 unspecified atom stereocenters. The van der Waals surface area contributed by atoms with Crippen molar-refractivity contribution in [3.8, 4) is 5.75 Å². The summed E-state index contributed by atoms with van der Waals surface area (Å²) in [5.74, 6) is 0.0961. The molecule has 2 heterocycles. The van der Waals surface area contributed by atoms with E-state index in [0.717, 1.165) is 29.3 Å². The molecular formula is C19H19BN2O4S. The molecule has 3 rings (SSSR count). The van der Waals surface area contributed by atoms with Crippen molar-refractivity contribution in [3.63, 3.8) is 0 Å². The third-order valence-electron chi connectivity index (χ3n) is 4.37. The Labute approximate surface area is 162 Å². The fourth-order valence-corrected chi connectivity index (χ4v) is 3.67. The highest BCUT2D eigenvalue weighted by Crippen LogP contribution is 2.32. The molecule has 1 saturated heterocycles. The lowest BCUT2D eigenvalue weighted by Gasteiger charge is -2.18. The summed E-state index contributed by atoms with van der Waals surface area (Å²) in [5.41, 5.74) is 2.36. The molecular weight excluding hydrogens is 363 g/mol. The third kappa shape index (κ3) is 4.57. The van der Waals surface area contributed by atoms with Crippen LogP contribution in [-0.4, -0.2) is 41.0 Å². The van der Waals surface area contributed by atoms with Crippen LogP contribution in [0.3, 0.4) is 0 Å². The van der Waals surface area contributed by atoms with Gasteiger partial charge in [-0.2, -0.15) is 0 Å². The van der Waals surface area contributed by atoms with E-state index < -0.39 is 4.65 Å². The minimum absolute atomic E-state index is 0.0949. The first-order valence-corrected chi connectivity index (χ1v) is 9.45. The van der Waals surface area contributed by atoms with Crippen molar-refractivity contribution in [1.82, 2.24) is 10.3 Å². The number of rotatable bonds is 7. The fraction of sp³-hybridized carbons (Fsp3) is 0.263. The number of pyridine rings is 1. The highest BCUT2D eigenvalue weighted by molar-refractivity contribution is 8.17. The molecule has 2 amide bonds. The van der Waals surface area contributed by atoms with Crippen LogP contribution in [0.4, 0.5) is 4.79 Å². The molecule has 8 heteroatoms. The van der Waals surface area contributed by atoms with E-state index in [4.69, 9.17) is 4.74 Å². The number of aryl methyl sites for hydroxylation is 1. The van der Waals surface area contributed by atoms with Gasteiger partial charge in [-0.1, -0.05) is 36.9 Å². The Morgan fingerprint density at radius 2 is 1.89 bits per heavy atom. The van der Waals surface area contributed by atoms with Crippen LogP contribution in [-0.2, 0) is 17.6 Å². The standard InChI is InChI=1S/C19H19BN2O4S/c1-2-12-5-8-15(21-10-12)16(23)11-26-14-6-3-13(4-7-14)9-19(20)17(24)22-18(25)27-19/h3-8,10H,2,9,11,20H2,1H3,(H,22,24,25)/t19-/m1/s1. The van der Waals surface area contributed by atoms with E-state index in [1.807, 2.05) is 25.1 Å². The number of ether oxygens (including phenoxy) is 1. The van der Waals surface area contributed by atoms with Crippen molar-refractivity contribution in [3.05, 3.63) is 59.4 Å². The molecule has 1 atom stereocenters. The number of Topliss-reactive ketones (excluding diaryl/α,β-unsaturated/α-hetero) is 1. The fourth-order valence-electron chi connectivity index (χ4n) is 2.73. The van der Waals surface area contributed by atoms with E-state index in [-0.39, 0.29) is 23.5 Å². The van der Waals surface area contributed by atoms with Gasteiger partial charge in [0.2, 0.25) is 11.7 Å². The lowest BCUT2D eigenvalue weighted by Crippen LogP contribution is -2.38. The minimum Gasteiger partial charge on any atom is -0.485 e. The summed E-state index contributed by atoms with van der Waals surface area (Å²) in [6, 6.07) is 10.8. The second-order valence-corrected chi connectivity index (χ2v) is 7.99. The van der Waals surface area contributed by atoms with E-state index in [2.05, 4.69) is 10.3 Å². The van der Waals surface area contributed by atoms with Gasteiger partial charge in [-0.3, -0.25) is 24.7 Å². The molecule has 0 aliphatic carbocycles. The van der Waals surface area contributed by atoms with Crippen LogP contribution >= 0.6 is 11.8 Å². The molecule has 0 bridgehead atoms. The SMILES string of the molecule is B[C@]1(Cc2ccc(OCC(=O)c3ccc(CC)cn3)cc2)SC(=O)NC1=O. The second-order valence-electron chi connectivity index (χ2n) is 6.51. The van der Waals surface area contributed by atoms with Crippen LogP contribution in [0, 0.1) is 0 Å². The molecule has 0 radical (unpaired) electrons. The Hall–Kier alpha value is -2.61. The molecule has 0 spiro atoms. The zero-order valence-corrected chi connectivity index (χ0v) is 16.0. The highest BCUT2D eigenvalue weighted by Gasteiger charge is 2.43. The van der Waals surface area contributed by atoms with Gasteiger partial charge in [-0.15, -0.1) is 0 Å². The molecule has 27 heavy (non-hydrogen) atoms. The predicted octanol–water partition coefficient (Wildman–Crippen LogP) is 1.76. The van der Waals surface area contributed by atoms with Crippen molar-refractivity contribution < 1.29 is 19.1 Å². The predicted molar refractivity (Wildman–Crippen MR) is 106 cm³/mol. The van der Waals surface area contributed by atoms with Crippen LogP contribution in [0.25, 0.3) is 0 Å². The number of ketones is 1. The molecule has 1 aromatic carbocycles. The molecule has 1 aromatic heterocycles. The first kappa shape index (κ1) is 19.2. The normalized spacial score (nSPS) is 19.0. The number of amides is 2. The number of aromatic nitrogens is 1. The third-order valence-corrected chi connectivity index (χ3v) is 5.43. The summed E-state index contributed by atoms with van der Waals surface area (Å²) in [7, 11) is 1.75. The number of hydrogen-bond acceptors (Lipinski definition) is 6. The number of benzene rings is 1. The molecule has 0 saturated carbocycles. The Morgan fingerprint density at radius 1 is 1.19 bits per heavy atom. The monoisotopic (exact) mass is 382 g/mol. The average Bonchev–Trinajstić information content (AvgIpc) is 2.92. The molecule has 1 aliphatic rings. The van der Waals surface area contributed by atoms with Crippen molar-refractivity contribution >= 4 is 36.5 Å². The van der Waals surface area contributed by atoms with Gasteiger partial charge in [0.1, 0.15) is 19.3 Å². The number of carbonyl (C=O) groups excluding carboxylic acids is 3. The smallest absolute Gasteiger partial charge is 0.285 e. The number of nitrogens with zero attached hydrogens (tertiary/aromatic N) is 1. The highest BCUT2D eigenvalue weighted by atomic mass is 32.2. The molecule has 1 fully saturated rings. The maximum Gasteiger partial charge on any atom is 0.285 e. The summed E-state index contributed by atoms with van der Waals surface area (Å²) in [5, 5.41) is 1.99. The number of hydrogen-bond donors (Lipinski definition) is 1. The van der Waals surface area contributed by atoms with Gasteiger partial charge in [0.15, 0.2) is 6.61 Å². The summed E-state index contributed by atoms with van der Waals surface area (Å²) in [6.07, 6.45) is 3.00. The largest absolute Gasteiger partial charge is 0.485 e. The van der Waals surface area contributed by atoms with E-state index >= 15 is 0 Å². The molecule has 1 aliphatic heterocycles. The van der Waals surface area contributed by atoms with Gasteiger partial charge in [-0.05, 0) is 42.2 Å². The maximum absolute atomic E-state index is 12.2. The van der Waals surface area contributed by atoms with Gasteiger partial charge < -0.3 is 4.74 Å². The van der Waals surface area contributed by atoms with Crippen LogP contribution in [0.5, 0.6) is 5.75 Å². The van der Waals surface area contributed by atoms with E-state index in [0.29, 0.717) is 17.9 Å². The van der Waals surface area contributed by atoms with E-state index in [1.54, 1.807) is 32.2 Å². The van der Waals surface area contributed by atoms with Crippen molar-refractivity contribution in [2.75, 3.05) is 6.61 Å². The first-order valence-electron chi connectivity index (χ1n) is 8.64. The van der Waals surface area contributed by atoms with Crippen LogP contribution in [0.1, 0.15) is 28.5 Å². The zero-order chi connectivity index (χ0) is 19.4. The van der Waals surface area contributed by atoms with Gasteiger partial charge in [0.25, 0.3) is 5.24 Å². The van der Waals surface area contributed by atoms with Crippen molar-refractivity contribution in [2.24, 2.45) is 0 Å². The maximum atomic E-state index is 12.2. The average molecular weight is 382 g/mol. The molecule has 138 valence electrons. The van der Waals surface area contributed by atoms with Crippen LogP contribution in [0.15, 0.2) is 42.6 Å². The Balaban J connectivity index is 1.56. The van der Waals surface area contributed by atoms with Crippen molar-refractivity contribution in [1.29, 1.82) is 0 Å². The molecule has 1 N–H and O–H groups in total. The van der Waals surface area contributed by atoms with Gasteiger partial charge in [0.05, 0.1) is 4.65 Å². The topological polar surface area (TPSA) is 85.4 Å². The zero-order valence-electron chi connectivity index (χ0n) is 15.2. The lowest BCUT2D eigenvalue weighted by molar-refractivity contribution is -0.119. The first-order chi connectivity index (χ1) is 12.9. The van der Waals surface area contributed by atoms with Gasteiger partial charge in [-0.25, -0.2) is 0 Å². The summed E-state index contributed by atoms with van der Waals surface area (Å²) < 4.78 is 4.74. The van der Waals surface area contributed by atoms with E-state index in [9.17, 15) is 14.4 Å². The van der Waals surface area contributed by atoms with Crippen LogP contribution < -0.4 is 10.1 Å². The van der Waals surface area contributed by atoms with E-state index in [1.165, 1.54) is 0 Å². The number of nitrogens with one attached hydrogen (secondary N) is 1. The minimum atomic E-state index is -0.800. The van der Waals surface area contributed by atoms with Gasteiger partial charge >= 0.3 is 0 Å². The van der Waals surface area contributed by atoms with Crippen LogP contribution in [0.2, 0.25) is 0 Å². The number of imide groups is 1. The Bertz CT molecular complexity index is 870. The Morgan fingerprint density at radius 3 is 2.44 bits per heavy atom. The summed E-state index contributed by atoms with van der Waals surface area (Å²) >= 11 is 1.01. The lowest BCUT2D eigenvalue weighted by atomic mass is 9.80. The molecule has 2 aromatic rings. The summed E-state index contributed by atoms with van der Waals surface area (Å²) in [4.78, 5) is 39.6. The van der Waals surface area contributed by atoms with Crippen molar-refractivity contribution in [2.45, 2.75) is 24.4 Å². The second kappa shape index (κ2) is 7.96.